The molecule has 1 heterocycles. The van der Waals surface area contributed by atoms with E-state index in [4.69, 9.17) is 0 Å². The third kappa shape index (κ3) is 1.84. The van der Waals surface area contributed by atoms with Crippen molar-refractivity contribution in [3.05, 3.63) is 11.4 Å². The fourth-order valence-electron chi connectivity index (χ4n) is 2.70. The lowest BCUT2D eigenvalue weighted by molar-refractivity contribution is -0.398. The van der Waals surface area contributed by atoms with Crippen molar-refractivity contribution in [3.63, 3.8) is 0 Å². The second kappa shape index (κ2) is 4.19. The smallest absolute Gasteiger partial charge is 0.266 e. The van der Waals surface area contributed by atoms with Crippen LogP contribution in [-0.2, 0) is 9.59 Å². The summed E-state index contributed by atoms with van der Waals surface area (Å²) in [5.74, 6) is 0.285. The molecule has 0 saturated heterocycles. The van der Waals surface area contributed by atoms with Crippen molar-refractivity contribution in [2.24, 2.45) is 0 Å². The molecule has 1 saturated carbocycles. The molecule has 17 heavy (non-hydrogen) atoms. The number of allylic oxidation sites excluding steroid dienone is 2. The molecule has 2 unspecified atom stereocenters. The topological polar surface area (TPSA) is 60.1 Å². The zero-order chi connectivity index (χ0) is 12.0. The fraction of sp³-hybridized carbons (Fsp3) is 0.583. The van der Waals surface area contributed by atoms with Crippen molar-refractivity contribution in [2.75, 3.05) is 0 Å². The van der Waals surface area contributed by atoms with Crippen LogP contribution in [0.1, 0.15) is 32.1 Å². The van der Waals surface area contributed by atoms with E-state index in [1.54, 1.807) is 0 Å². The number of rotatable bonds is 0. The second-order valence-electron chi connectivity index (χ2n) is 4.78. The van der Waals surface area contributed by atoms with E-state index in [1.165, 1.54) is 0 Å². The number of alkyl halides is 1. The minimum absolute atomic E-state index is 0.0500. The van der Waals surface area contributed by atoms with E-state index in [0.717, 1.165) is 31.4 Å². The van der Waals surface area contributed by atoms with Gasteiger partial charge < -0.3 is 5.32 Å². The molecule has 1 aliphatic heterocycles. The van der Waals surface area contributed by atoms with Crippen molar-refractivity contribution in [3.8, 4) is 0 Å². The Morgan fingerprint density at radius 3 is 2.88 bits per heavy atom. The van der Waals surface area contributed by atoms with Crippen LogP contribution in [0.2, 0.25) is 0 Å². The Morgan fingerprint density at radius 2 is 2.06 bits per heavy atom. The molecule has 2 aliphatic carbocycles. The van der Waals surface area contributed by atoms with Crippen LogP contribution in [0, 0.1) is 0 Å². The molecule has 0 aromatic rings. The first-order valence-corrected chi connectivity index (χ1v) is 7.26. The quantitative estimate of drug-likeness (QED) is 0.465. The molecular weight excluding hydrogens is 331 g/mol. The summed E-state index contributed by atoms with van der Waals surface area (Å²) in [5, 5.41) is 3.37. The molecule has 2 N–H and O–H groups in total. The number of Topliss-reactive ketones (excluding diaryl/α,β-unsaturated/α-hetero) is 2. The van der Waals surface area contributed by atoms with Gasteiger partial charge in [-0.2, -0.15) is 4.99 Å². The van der Waals surface area contributed by atoms with E-state index in [2.05, 4.69) is 32.9 Å². The van der Waals surface area contributed by atoms with Crippen molar-refractivity contribution < 1.29 is 14.6 Å². The van der Waals surface area contributed by atoms with Gasteiger partial charge in [0.05, 0.1) is 9.62 Å². The van der Waals surface area contributed by atoms with Crippen LogP contribution < -0.4 is 10.3 Å². The first-order valence-electron chi connectivity index (χ1n) is 6.02. The van der Waals surface area contributed by atoms with Crippen molar-refractivity contribution >= 4 is 39.9 Å². The molecule has 2 atom stereocenters. The van der Waals surface area contributed by atoms with Gasteiger partial charge >= 0.3 is 0 Å². The van der Waals surface area contributed by atoms with Crippen molar-refractivity contribution in [1.82, 2.24) is 5.32 Å². The predicted molar refractivity (Wildman–Crippen MR) is 70.8 cm³/mol. The molecule has 3 aliphatic rings. The Kier molecular flexibility index (Phi) is 2.80. The fourth-order valence-corrected chi connectivity index (χ4v) is 3.40. The van der Waals surface area contributed by atoms with E-state index in [9.17, 15) is 9.59 Å². The lowest BCUT2D eigenvalue weighted by Gasteiger charge is -2.29. The van der Waals surface area contributed by atoms with Gasteiger partial charge in [0.25, 0.3) is 5.70 Å². The molecule has 90 valence electrons. The lowest BCUT2D eigenvalue weighted by Crippen LogP contribution is -2.82. The molecule has 1 fully saturated rings. The number of ketones is 2. The maximum absolute atomic E-state index is 12.1. The van der Waals surface area contributed by atoms with Crippen LogP contribution in [0.15, 0.2) is 11.4 Å². The number of carbonyl (C=O) groups excluding carboxylic acids is 2. The normalized spacial score (nSPS) is 32.6. The van der Waals surface area contributed by atoms with E-state index in [-0.39, 0.29) is 21.5 Å². The highest BCUT2D eigenvalue weighted by Gasteiger charge is 2.43. The molecule has 0 spiro atoms. The van der Waals surface area contributed by atoms with Crippen LogP contribution >= 0.6 is 22.6 Å². The number of hydrogen-bond donors (Lipinski definition) is 2. The van der Waals surface area contributed by atoms with E-state index in [1.807, 2.05) is 0 Å². The third-order valence-corrected chi connectivity index (χ3v) is 4.82. The highest BCUT2D eigenvalue weighted by Crippen LogP contribution is 2.24. The Hall–Kier alpha value is -0.720. The highest BCUT2D eigenvalue weighted by molar-refractivity contribution is 14.1. The van der Waals surface area contributed by atoms with Crippen LogP contribution in [0.3, 0.4) is 0 Å². The minimum Gasteiger partial charge on any atom is -0.371 e. The summed E-state index contributed by atoms with van der Waals surface area (Å²) in [6, 6.07) is 0.0955. The molecular formula is C12H14IN2O2+. The van der Waals surface area contributed by atoms with Gasteiger partial charge in [-0.05, 0) is 25.7 Å². The first-order chi connectivity index (χ1) is 8.16. The Balaban J connectivity index is 2.01. The Labute approximate surface area is 113 Å². The van der Waals surface area contributed by atoms with Gasteiger partial charge in [0.2, 0.25) is 17.3 Å². The van der Waals surface area contributed by atoms with Crippen LogP contribution in [0.5, 0.6) is 0 Å². The molecule has 0 bridgehead atoms. The number of fused-ring (bicyclic) bond motifs is 1. The van der Waals surface area contributed by atoms with Crippen LogP contribution in [-0.4, -0.2) is 27.2 Å². The van der Waals surface area contributed by atoms with E-state index >= 15 is 0 Å². The van der Waals surface area contributed by atoms with Gasteiger partial charge in [-0.1, -0.05) is 22.6 Å². The van der Waals surface area contributed by atoms with Gasteiger partial charge in [0.15, 0.2) is 0 Å². The molecule has 0 aromatic carbocycles. The summed E-state index contributed by atoms with van der Waals surface area (Å²) in [4.78, 5) is 27.0. The van der Waals surface area contributed by atoms with Crippen molar-refractivity contribution in [2.45, 2.75) is 42.1 Å². The second-order valence-corrected chi connectivity index (χ2v) is 6.28. The average molecular weight is 345 g/mol. The average Bonchev–Trinajstić information content (AvgIpc) is 2.33. The number of carbonyl (C=O) groups is 2. The standard InChI is InChI=1S/C12H13IN2O2/c13-6-4-5-8-11(12(6)17)15-10-7(14-8)2-1-3-9(10)16/h6,8,14H,1-5H2/p+1. The predicted octanol–water partition coefficient (Wildman–Crippen LogP) is -0.389. The summed E-state index contributed by atoms with van der Waals surface area (Å²) in [5.41, 5.74) is 2.35. The maximum Gasteiger partial charge on any atom is 0.266 e. The molecule has 0 radical (unpaired) electrons. The van der Waals surface area contributed by atoms with Gasteiger partial charge in [-0.15, -0.1) is 0 Å². The van der Waals surface area contributed by atoms with Gasteiger partial charge in [-0.25, -0.2) is 0 Å². The molecule has 0 aromatic heterocycles. The zero-order valence-corrected chi connectivity index (χ0v) is 11.5. The molecule has 3 rings (SSSR count). The Bertz CT molecular complexity index is 467. The Morgan fingerprint density at radius 1 is 1.24 bits per heavy atom. The van der Waals surface area contributed by atoms with Gasteiger partial charge in [0, 0.05) is 6.42 Å². The van der Waals surface area contributed by atoms with Crippen LogP contribution in [0.25, 0.3) is 0 Å². The summed E-state index contributed by atoms with van der Waals surface area (Å²) >= 11 is 2.19. The monoisotopic (exact) mass is 345 g/mol. The maximum atomic E-state index is 12.1. The summed E-state index contributed by atoms with van der Waals surface area (Å²) < 4.78 is 0.0500. The van der Waals surface area contributed by atoms with Gasteiger partial charge in [0.1, 0.15) is 6.04 Å². The number of nitrogens with one attached hydrogen (secondary N) is 2. The zero-order valence-electron chi connectivity index (χ0n) is 9.38. The first kappa shape index (κ1) is 11.4. The van der Waals surface area contributed by atoms with Gasteiger partial charge in [-0.3, -0.25) is 9.59 Å². The summed E-state index contributed by atoms with van der Waals surface area (Å²) in [6.45, 7) is 0. The van der Waals surface area contributed by atoms with E-state index < -0.39 is 0 Å². The third-order valence-electron chi connectivity index (χ3n) is 3.63. The molecule has 0 amide bonds. The van der Waals surface area contributed by atoms with E-state index in [0.29, 0.717) is 17.8 Å². The van der Waals surface area contributed by atoms with Crippen LogP contribution in [0.4, 0.5) is 0 Å². The largest absolute Gasteiger partial charge is 0.371 e. The summed E-state index contributed by atoms with van der Waals surface area (Å²) in [7, 11) is 0. The molecule has 5 heteroatoms. The number of halogens is 1. The minimum atomic E-state index is 0.0500. The SMILES string of the molecule is O=C1CCCC2=C1[NH+]=C1C(=O)C(I)CCC1N2. The highest BCUT2D eigenvalue weighted by atomic mass is 127. The number of hydrogen-bond acceptors (Lipinski definition) is 3. The lowest BCUT2D eigenvalue weighted by atomic mass is 9.88. The summed E-state index contributed by atoms with van der Waals surface area (Å²) in [6.07, 6.45) is 4.30. The molecule has 4 nitrogen and oxygen atoms in total. The van der Waals surface area contributed by atoms with Crippen molar-refractivity contribution in [1.29, 1.82) is 0 Å².